The molecule has 0 atom stereocenters. The number of unbranched alkanes of at least 4 members (excludes halogenated alkanes) is 1. The Balaban J connectivity index is 1.83. The van der Waals surface area contributed by atoms with Crippen LogP contribution >= 0.6 is 11.6 Å². The van der Waals surface area contributed by atoms with Gasteiger partial charge in [-0.1, -0.05) is 24.9 Å². The topological polar surface area (TPSA) is 144 Å². The molecule has 0 fully saturated rings. The van der Waals surface area contributed by atoms with Crippen molar-refractivity contribution in [2.45, 2.75) is 26.3 Å². The predicted octanol–water partition coefficient (Wildman–Crippen LogP) is 1.23. The van der Waals surface area contributed by atoms with Gasteiger partial charge in [0, 0.05) is 18.6 Å². The molecule has 3 aromatic rings. The number of hydrogen-bond donors (Lipinski definition) is 3. The number of H-pyrrole nitrogens is 1. The van der Waals surface area contributed by atoms with Crippen molar-refractivity contribution in [3.8, 4) is 5.69 Å². The van der Waals surface area contributed by atoms with E-state index in [0.29, 0.717) is 22.9 Å². The van der Waals surface area contributed by atoms with E-state index in [0.717, 1.165) is 12.8 Å². The maximum Gasteiger partial charge on any atom is 0.330 e. The fourth-order valence-corrected chi connectivity index (χ4v) is 3.28. The average Bonchev–Trinajstić information content (AvgIpc) is 3.22. The van der Waals surface area contributed by atoms with Crippen LogP contribution in [-0.4, -0.2) is 43.8 Å². The van der Waals surface area contributed by atoms with E-state index in [1.54, 1.807) is 25.2 Å². The van der Waals surface area contributed by atoms with Gasteiger partial charge in [-0.05, 0) is 24.6 Å². The van der Waals surface area contributed by atoms with E-state index in [4.69, 9.17) is 17.3 Å². The zero-order chi connectivity index (χ0) is 22.5. The molecule has 2 aromatic heterocycles. The number of amides is 1. The third-order valence-electron chi connectivity index (χ3n) is 4.61. The number of hydrogen-bond acceptors (Lipinski definition) is 7. The van der Waals surface area contributed by atoms with Crippen molar-refractivity contribution in [1.82, 2.24) is 24.3 Å². The van der Waals surface area contributed by atoms with Crippen molar-refractivity contribution in [3.05, 3.63) is 56.7 Å². The zero-order valence-electron chi connectivity index (χ0n) is 17.1. The first-order valence-corrected chi connectivity index (χ1v) is 9.97. The van der Waals surface area contributed by atoms with Gasteiger partial charge in [0.15, 0.2) is 0 Å². The van der Waals surface area contributed by atoms with Gasteiger partial charge in [0.05, 0.1) is 17.9 Å². The molecule has 0 aliphatic heterocycles. The van der Waals surface area contributed by atoms with E-state index in [-0.39, 0.29) is 18.1 Å². The van der Waals surface area contributed by atoms with Gasteiger partial charge in [-0.25, -0.2) is 14.5 Å². The van der Waals surface area contributed by atoms with Crippen LogP contribution in [-0.2, 0) is 11.3 Å². The second-order valence-electron chi connectivity index (χ2n) is 6.90. The molecule has 0 aliphatic carbocycles. The number of nitrogens with one attached hydrogen (secondary N) is 2. The van der Waals surface area contributed by atoms with E-state index in [1.165, 1.54) is 26.8 Å². The Bertz CT molecular complexity index is 1190. The average molecular weight is 447 g/mol. The monoisotopic (exact) mass is 446 g/mol. The maximum atomic E-state index is 12.7. The van der Waals surface area contributed by atoms with Gasteiger partial charge >= 0.3 is 5.69 Å². The summed E-state index contributed by atoms with van der Waals surface area (Å²) in [6, 6.07) is 4.95. The Kier molecular flexibility index (Phi) is 6.75. The molecule has 0 unspecified atom stereocenters. The van der Waals surface area contributed by atoms with Crippen LogP contribution in [0.1, 0.15) is 19.8 Å². The number of carbonyl (C=O) groups excluding carboxylic acids is 1. The SMILES string of the molecule is CCCCn1c(N)c(N(C)CC(=O)Nc2cc(Cl)ccc2-n2cncn2)c(=O)[nH]c1=O. The lowest BCUT2D eigenvalue weighted by atomic mass is 10.2. The number of aromatic nitrogens is 5. The van der Waals surface area contributed by atoms with E-state index < -0.39 is 17.2 Å². The molecule has 0 radical (unpaired) electrons. The number of halogens is 1. The molecule has 1 aromatic carbocycles. The molecular weight excluding hydrogens is 424 g/mol. The highest BCUT2D eigenvalue weighted by Crippen LogP contribution is 2.24. The van der Waals surface area contributed by atoms with Crippen molar-refractivity contribution < 1.29 is 4.79 Å². The summed E-state index contributed by atoms with van der Waals surface area (Å²) in [7, 11) is 1.55. The van der Waals surface area contributed by atoms with Crippen molar-refractivity contribution in [3.63, 3.8) is 0 Å². The second-order valence-corrected chi connectivity index (χ2v) is 7.34. The van der Waals surface area contributed by atoms with Gasteiger partial charge in [-0.15, -0.1) is 0 Å². The highest BCUT2D eigenvalue weighted by atomic mass is 35.5. The van der Waals surface area contributed by atoms with Crippen LogP contribution in [0.15, 0.2) is 40.4 Å². The number of carbonyl (C=O) groups is 1. The largest absolute Gasteiger partial charge is 0.383 e. The number of aromatic amines is 1. The molecule has 0 aliphatic rings. The molecule has 3 rings (SSSR count). The Morgan fingerprint density at radius 2 is 2.13 bits per heavy atom. The van der Waals surface area contributed by atoms with Crippen LogP contribution in [0.4, 0.5) is 17.2 Å². The number of benzene rings is 1. The Labute approximate surface area is 182 Å². The molecule has 164 valence electrons. The number of nitrogens with two attached hydrogens (primary N) is 1. The lowest BCUT2D eigenvalue weighted by Gasteiger charge is -2.21. The minimum atomic E-state index is -0.656. The Morgan fingerprint density at radius 1 is 1.35 bits per heavy atom. The third-order valence-corrected chi connectivity index (χ3v) is 4.85. The van der Waals surface area contributed by atoms with Crippen LogP contribution in [0, 0.1) is 0 Å². The van der Waals surface area contributed by atoms with Crippen LogP contribution < -0.4 is 27.2 Å². The molecule has 12 heteroatoms. The quantitative estimate of drug-likeness (QED) is 0.472. The van der Waals surface area contributed by atoms with Crippen molar-refractivity contribution >= 4 is 34.7 Å². The molecule has 0 saturated heterocycles. The lowest BCUT2D eigenvalue weighted by Crippen LogP contribution is -2.39. The zero-order valence-corrected chi connectivity index (χ0v) is 17.9. The fraction of sp³-hybridized carbons (Fsp3) is 0.316. The van der Waals surface area contributed by atoms with Crippen molar-refractivity contribution in [2.24, 2.45) is 0 Å². The number of nitrogens with zero attached hydrogens (tertiary/aromatic N) is 5. The Hall–Kier alpha value is -3.60. The van der Waals surface area contributed by atoms with Gasteiger partial charge in [0.2, 0.25) is 5.91 Å². The molecule has 11 nitrogen and oxygen atoms in total. The van der Waals surface area contributed by atoms with Crippen LogP contribution in [0.3, 0.4) is 0 Å². The normalized spacial score (nSPS) is 10.8. The maximum absolute atomic E-state index is 12.7. The molecule has 31 heavy (non-hydrogen) atoms. The lowest BCUT2D eigenvalue weighted by molar-refractivity contribution is -0.114. The third kappa shape index (κ3) is 4.94. The van der Waals surface area contributed by atoms with Gasteiger partial charge in [-0.2, -0.15) is 5.10 Å². The van der Waals surface area contributed by atoms with Crippen LogP contribution in [0.2, 0.25) is 5.02 Å². The molecule has 1 amide bonds. The van der Waals surface area contributed by atoms with Gasteiger partial charge in [0.1, 0.15) is 24.2 Å². The number of likely N-dealkylation sites (N-methyl/N-ethyl adjacent to an activating group) is 1. The van der Waals surface area contributed by atoms with Gasteiger partial charge in [0.25, 0.3) is 5.56 Å². The smallest absolute Gasteiger partial charge is 0.330 e. The summed E-state index contributed by atoms with van der Waals surface area (Å²) in [5.74, 6) is -0.403. The van der Waals surface area contributed by atoms with Crippen LogP contribution in [0.25, 0.3) is 5.69 Å². The standard InChI is InChI=1S/C19H23ClN8O3/c1-3-4-7-27-17(21)16(18(30)25-19(27)31)26(2)9-15(29)24-13-8-12(20)5-6-14(13)28-11-22-10-23-28/h5-6,8,10-11H,3-4,7,9,21H2,1-2H3,(H,24,29)(H,25,30,31). The van der Waals surface area contributed by atoms with E-state index in [2.05, 4.69) is 20.4 Å². The molecule has 4 N–H and O–H groups in total. The molecule has 0 saturated carbocycles. The summed E-state index contributed by atoms with van der Waals surface area (Å²) >= 11 is 6.08. The summed E-state index contributed by atoms with van der Waals surface area (Å²) < 4.78 is 2.79. The van der Waals surface area contributed by atoms with Gasteiger partial charge < -0.3 is 16.0 Å². The van der Waals surface area contributed by atoms with E-state index in [1.807, 2.05) is 6.92 Å². The molecule has 0 bridgehead atoms. The predicted molar refractivity (Wildman–Crippen MR) is 119 cm³/mol. The highest BCUT2D eigenvalue weighted by Gasteiger charge is 2.19. The first-order chi connectivity index (χ1) is 14.8. The minimum Gasteiger partial charge on any atom is -0.383 e. The molecule has 0 spiro atoms. The first-order valence-electron chi connectivity index (χ1n) is 9.60. The summed E-state index contributed by atoms with van der Waals surface area (Å²) in [4.78, 5) is 44.7. The summed E-state index contributed by atoms with van der Waals surface area (Å²) in [6.45, 7) is 2.16. The van der Waals surface area contributed by atoms with Crippen LogP contribution in [0.5, 0.6) is 0 Å². The summed E-state index contributed by atoms with van der Waals surface area (Å²) in [5, 5.41) is 7.26. The Morgan fingerprint density at radius 3 is 2.81 bits per heavy atom. The summed E-state index contributed by atoms with van der Waals surface area (Å²) in [5.41, 5.74) is 5.91. The van der Waals surface area contributed by atoms with E-state index >= 15 is 0 Å². The number of nitrogen functional groups attached to an aromatic ring is 1. The highest BCUT2D eigenvalue weighted by molar-refractivity contribution is 6.31. The van der Waals surface area contributed by atoms with Crippen molar-refractivity contribution in [1.29, 1.82) is 0 Å². The fourth-order valence-electron chi connectivity index (χ4n) is 3.11. The summed E-state index contributed by atoms with van der Waals surface area (Å²) in [6.07, 6.45) is 4.44. The first kappa shape index (κ1) is 22.1. The molecule has 2 heterocycles. The number of anilines is 3. The van der Waals surface area contributed by atoms with Gasteiger partial charge in [-0.3, -0.25) is 19.1 Å². The number of rotatable bonds is 8. The van der Waals surface area contributed by atoms with E-state index in [9.17, 15) is 14.4 Å². The van der Waals surface area contributed by atoms with Crippen molar-refractivity contribution in [2.75, 3.05) is 29.5 Å². The molecular formula is C19H23ClN8O3. The second kappa shape index (κ2) is 9.47. The minimum absolute atomic E-state index is 0.0172.